The van der Waals surface area contributed by atoms with Crippen molar-refractivity contribution in [2.75, 3.05) is 6.61 Å². The van der Waals surface area contributed by atoms with Crippen LogP contribution in [0.5, 0.6) is 5.75 Å². The van der Waals surface area contributed by atoms with E-state index >= 15 is 0 Å². The number of benzene rings is 1. The monoisotopic (exact) mass is 408 g/mol. The average Bonchev–Trinajstić information content (AvgIpc) is 2.32. The molecule has 0 fully saturated rings. The Morgan fingerprint density at radius 1 is 1.41 bits per heavy atom. The van der Waals surface area contributed by atoms with Gasteiger partial charge in [0.2, 0.25) is 0 Å². The molecule has 1 aliphatic rings. The molecule has 0 unspecified atom stereocenters. The number of hydrogen-bond acceptors (Lipinski definition) is 1. The summed E-state index contributed by atoms with van der Waals surface area (Å²) in [7, 11) is 0. The fourth-order valence-electron chi connectivity index (χ4n) is 1.77. The van der Waals surface area contributed by atoms with Crippen LogP contribution in [0.1, 0.15) is 30.9 Å². The summed E-state index contributed by atoms with van der Waals surface area (Å²) in [5.41, 5.74) is 2.67. The quantitative estimate of drug-likeness (QED) is 0.408. The SMILES string of the molecule is CCCC[Se]C1=C(I)COc2ccc(C)cc21. The van der Waals surface area contributed by atoms with E-state index in [2.05, 4.69) is 54.6 Å². The predicted octanol–water partition coefficient (Wildman–Crippen LogP) is 4.41. The maximum absolute atomic E-state index is 5.77. The standard InChI is InChI=1S/C14H17IOSe/c1-3-4-7-17-14-11-8-10(2)5-6-13(11)16-9-12(14)15/h5-6,8H,3-4,7,9H2,1-2H3. The van der Waals surface area contributed by atoms with Crippen molar-refractivity contribution in [3.63, 3.8) is 0 Å². The average molecular weight is 407 g/mol. The molecule has 0 aromatic heterocycles. The molecule has 0 saturated carbocycles. The first kappa shape index (κ1) is 13.4. The fraction of sp³-hybridized carbons (Fsp3) is 0.429. The van der Waals surface area contributed by atoms with Gasteiger partial charge in [-0.1, -0.05) is 0 Å². The van der Waals surface area contributed by atoms with Crippen LogP contribution in [-0.4, -0.2) is 21.6 Å². The number of rotatable bonds is 4. The van der Waals surface area contributed by atoms with E-state index in [4.69, 9.17) is 4.74 Å². The summed E-state index contributed by atoms with van der Waals surface area (Å²) in [5, 5.41) is 1.35. The molecule has 1 aliphatic heterocycles. The van der Waals surface area contributed by atoms with Crippen molar-refractivity contribution < 1.29 is 4.74 Å². The summed E-state index contributed by atoms with van der Waals surface area (Å²) in [4.78, 5) is 0. The van der Waals surface area contributed by atoms with Crippen LogP contribution in [0.2, 0.25) is 5.32 Å². The zero-order valence-electron chi connectivity index (χ0n) is 10.3. The van der Waals surface area contributed by atoms with Crippen LogP contribution in [0.4, 0.5) is 0 Å². The number of ether oxygens (including phenoxy) is 1. The van der Waals surface area contributed by atoms with E-state index in [1.807, 2.05) is 0 Å². The van der Waals surface area contributed by atoms with Crippen molar-refractivity contribution >= 4 is 42.0 Å². The van der Waals surface area contributed by atoms with E-state index in [1.54, 1.807) is 4.47 Å². The Balaban J connectivity index is 2.26. The molecule has 17 heavy (non-hydrogen) atoms. The zero-order chi connectivity index (χ0) is 12.3. The summed E-state index contributed by atoms with van der Waals surface area (Å²) in [6, 6.07) is 6.52. The Morgan fingerprint density at radius 2 is 2.24 bits per heavy atom. The third-order valence-electron chi connectivity index (χ3n) is 2.72. The van der Waals surface area contributed by atoms with Crippen LogP contribution in [0.15, 0.2) is 21.8 Å². The Morgan fingerprint density at radius 3 is 3.00 bits per heavy atom. The van der Waals surface area contributed by atoms with Crippen molar-refractivity contribution in [1.29, 1.82) is 0 Å². The molecule has 0 bridgehead atoms. The molecule has 2 rings (SSSR count). The molecule has 3 heteroatoms. The van der Waals surface area contributed by atoms with E-state index in [9.17, 15) is 0 Å². The van der Waals surface area contributed by atoms with Crippen molar-refractivity contribution in [3.8, 4) is 5.75 Å². The van der Waals surface area contributed by atoms with Gasteiger partial charge in [-0.2, -0.15) is 0 Å². The van der Waals surface area contributed by atoms with Gasteiger partial charge in [0.05, 0.1) is 0 Å². The van der Waals surface area contributed by atoms with Gasteiger partial charge in [-0.25, -0.2) is 0 Å². The van der Waals surface area contributed by atoms with E-state index in [-0.39, 0.29) is 0 Å². The first-order chi connectivity index (χ1) is 8.22. The molecule has 92 valence electrons. The molecule has 0 atom stereocenters. The third kappa shape index (κ3) is 3.27. The van der Waals surface area contributed by atoms with E-state index in [1.165, 1.54) is 32.9 Å². The Hall–Kier alpha value is 0.00948. The number of unbranched alkanes of at least 4 members (excludes halogenated alkanes) is 1. The number of hydrogen-bond donors (Lipinski definition) is 0. The molecule has 0 amide bonds. The first-order valence-electron chi connectivity index (χ1n) is 5.97. The zero-order valence-corrected chi connectivity index (χ0v) is 14.1. The fourth-order valence-corrected chi connectivity index (χ4v) is 5.48. The molecule has 0 spiro atoms. The number of fused-ring (bicyclic) bond motifs is 1. The summed E-state index contributed by atoms with van der Waals surface area (Å²) in [5.74, 6) is 1.07. The number of aryl methyl sites for hydroxylation is 1. The second-order valence-electron chi connectivity index (χ2n) is 4.22. The van der Waals surface area contributed by atoms with Gasteiger partial charge in [-0.3, -0.25) is 0 Å². The molecule has 1 nitrogen and oxygen atoms in total. The normalized spacial score (nSPS) is 14.5. The maximum atomic E-state index is 5.77. The minimum absolute atomic E-state index is 0.596. The van der Waals surface area contributed by atoms with Crippen molar-refractivity contribution in [2.24, 2.45) is 0 Å². The first-order valence-corrected chi connectivity index (χ1v) is 9.12. The molecule has 1 heterocycles. The van der Waals surface area contributed by atoms with Gasteiger partial charge >= 0.3 is 124 Å². The van der Waals surface area contributed by atoms with Crippen molar-refractivity contribution in [2.45, 2.75) is 32.0 Å². The summed E-state index contributed by atoms with van der Waals surface area (Å²) in [6.45, 7) is 5.18. The van der Waals surface area contributed by atoms with Gasteiger partial charge in [0, 0.05) is 0 Å². The Labute approximate surface area is 123 Å². The van der Waals surface area contributed by atoms with Crippen LogP contribution in [0.25, 0.3) is 4.47 Å². The van der Waals surface area contributed by atoms with Crippen molar-refractivity contribution in [1.82, 2.24) is 0 Å². The van der Waals surface area contributed by atoms with E-state index in [0.29, 0.717) is 15.0 Å². The third-order valence-corrected chi connectivity index (χ3v) is 7.02. The van der Waals surface area contributed by atoms with Gasteiger partial charge in [0.25, 0.3) is 0 Å². The van der Waals surface area contributed by atoms with E-state index < -0.39 is 0 Å². The molecule has 1 aromatic carbocycles. The van der Waals surface area contributed by atoms with Crippen molar-refractivity contribution in [3.05, 3.63) is 32.9 Å². The van der Waals surface area contributed by atoms with Gasteiger partial charge < -0.3 is 0 Å². The molecule has 1 aromatic rings. The topological polar surface area (TPSA) is 9.23 Å². The summed E-state index contributed by atoms with van der Waals surface area (Å²) < 4.78 is 8.74. The van der Waals surface area contributed by atoms with Gasteiger partial charge in [0.15, 0.2) is 0 Å². The summed E-state index contributed by atoms with van der Waals surface area (Å²) in [6.07, 6.45) is 2.64. The van der Waals surface area contributed by atoms with Crippen LogP contribution < -0.4 is 4.74 Å². The van der Waals surface area contributed by atoms with E-state index in [0.717, 1.165) is 12.4 Å². The molecular formula is C14H17IOSe. The van der Waals surface area contributed by atoms with Crippen LogP contribution in [0, 0.1) is 6.92 Å². The molecule has 0 aliphatic carbocycles. The molecular weight excluding hydrogens is 390 g/mol. The molecule has 0 saturated heterocycles. The number of halogens is 1. The second kappa shape index (κ2) is 6.26. The molecule has 0 N–H and O–H groups in total. The van der Waals surface area contributed by atoms with Crippen LogP contribution in [0.3, 0.4) is 0 Å². The molecule has 0 radical (unpaired) electrons. The Kier molecular flexibility index (Phi) is 4.95. The Bertz CT molecular complexity index is 440. The minimum atomic E-state index is 0.596. The van der Waals surface area contributed by atoms with Gasteiger partial charge in [-0.15, -0.1) is 0 Å². The van der Waals surface area contributed by atoms with Crippen LogP contribution >= 0.6 is 22.6 Å². The summed E-state index contributed by atoms with van der Waals surface area (Å²) >= 11 is 3.05. The predicted molar refractivity (Wildman–Crippen MR) is 83.1 cm³/mol. The van der Waals surface area contributed by atoms with Gasteiger partial charge in [0.1, 0.15) is 0 Å². The second-order valence-corrected chi connectivity index (χ2v) is 7.85. The van der Waals surface area contributed by atoms with Gasteiger partial charge in [-0.05, 0) is 0 Å². The van der Waals surface area contributed by atoms with Crippen LogP contribution in [-0.2, 0) is 0 Å².